The van der Waals surface area contributed by atoms with E-state index >= 15 is 0 Å². The van der Waals surface area contributed by atoms with Gasteiger partial charge >= 0.3 is 0 Å². The van der Waals surface area contributed by atoms with E-state index in [2.05, 4.69) is 5.10 Å². The van der Waals surface area contributed by atoms with Crippen molar-refractivity contribution >= 4 is 17.5 Å². The average Bonchev–Trinajstić information content (AvgIpc) is 3.29. The van der Waals surface area contributed by atoms with Crippen LogP contribution in [0.2, 0.25) is 5.02 Å². The van der Waals surface area contributed by atoms with Crippen LogP contribution in [-0.4, -0.2) is 41.4 Å². The molecule has 1 aromatic carbocycles. The molecule has 0 aliphatic carbocycles. The van der Waals surface area contributed by atoms with Crippen LogP contribution in [0.5, 0.6) is 11.5 Å². The Morgan fingerprint density at radius 1 is 1.38 bits per heavy atom. The summed E-state index contributed by atoms with van der Waals surface area (Å²) in [6.07, 6.45) is 5.22. The van der Waals surface area contributed by atoms with E-state index in [0.717, 1.165) is 36.4 Å². The van der Waals surface area contributed by atoms with E-state index in [4.69, 9.17) is 21.1 Å². The second-order valence-corrected chi connectivity index (χ2v) is 7.02. The molecular formula is C19H24ClN3O3. The van der Waals surface area contributed by atoms with Crippen LogP contribution in [0, 0.1) is 5.92 Å². The molecule has 0 spiro atoms. The van der Waals surface area contributed by atoms with Crippen molar-refractivity contribution in [3.63, 3.8) is 0 Å². The second kappa shape index (κ2) is 7.99. The van der Waals surface area contributed by atoms with E-state index in [9.17, 15) is 4.79 Å². The number of carbonyl (C=O) groups is 1. The molecule has 1 saturated heterocycles. The van der Waals surface area contributed by atoms with Gasteiger partial charge in [0.15, 0.2) is 0 Å². The number of carbonyl (C=O) groups excluding carboxylic acids is 1. The number of nitrogens with zero attached hydrogens (tertiary/aromatic N) is 3. The summed E-state index contributed by atoms with van der Waals surface area (Å²) in [5.41, 5.74) is 1.02. The number of hydrogen-bond acceptors (Lipinski definition) is 4. The molecule has 1 amide bonds. The molecule has 0 radical (unpaired) electrons. The van der Waals surface area contributed by atoms with Gasteiger partial charge in [0.25, 0.3) is 0 Å². The van der Waals surface area contributed by atoms with Crippen molar-refractivity contribution in [1.82, 2.24) is 14.7 Å². The molecule has 1 fully saturated rings. The quantitative estimate of drug-likeness (QED) is 0.772. The summed E-state index contributed by atoms with van der Waals surface area (Å²) in [6, 6.07) is 5.79. The zero-order chi connectivity index (χ0) is 18.7. The van der Waals surface area contributed by atoms with Gasteiger partial charge in [0.05, 0.1) is 43.9 Å². The maximum atomic E-state index is 13.0. The summed E-state index contributed by atoms with van der Waals surface area (Å²) in [7, 11) is 3.27. The first-order valence-electron chi connectivity index (χ1n) is 8.74. The number of ether oxygens (including phenoxy) is 2. The maximum Gasteiger partial charge on any atom is 0.227 e. The lowest BCUT2D eigenvalue weighted by molar-refractivity contribution is -0.136. The first kappa shape index (κ1) is 18.6. The molecule has 140 valence electrons. The molecule has 26 heavy (non-hydrogen) atoms. The molecule has 2 aromatic rings. The van der Waals surface area contributed by atoms with Crippen molar-refractivity contribution in [2.24, 2.45) is 5.92 Å². The van der Waals surface area contributed by atoms with Crippen molar-refractivity contribution in [3.8, 4) is 11.5 Å². The number of halogens is 1. The van der Waals surface area contributed by atoms with E-state index in [-0.39, 0.29) is 17.9 Å². The van der Waals surface area contributed by atoms with Gasteiger partial charge in [-0.15, -0.1) is 0 Å². The van der Waals surface area contributed by atoms with E-state index in [0.29, 0.717) is 11.6 Å². The van der Waals surface area contributed by atoms with Gasteiger partial charge in [-0.1, -0.05) is 18.5 Å². The summed E-state index contributed by atoms with van der Waals surface area (Å²) < 4.78 is 12.5. The number of benzene rings is 1. The Labute approximate surface area is 158 Å². The molecule has 1 aliphatic rings. The summed E-state index contributed by atoms with van der Waals surface area (Å²) in [5.74, 6) is 1.43. The van der Waals surface area contributed by atoms with Crippen LogP contribution >= 0.6 is 11.6 Å². The molecular weight excluding hydrogens is 354 g/mol. The first-order chi connectivity index (χ1) is 12.5. The highest BCUT2D eigenvalue weighted by Crippen LogP contribution is 2.39. The maximum absolute atomic E-state index is 13.0. The molecule has 6 nitrogen and oxygen atoms in total. The molecule has 0 bridgehead atoms. The predicted octanol–water partition coefficient (Wildman–Crippen LogP) is 3.55. The minimum Gasteiger partial charge on any atom is -0.497 e. The zero-order valence-corrected chi connectivity index (χ0v) is 16.1. The van der Waals surface area contributed by atoms with Crippen LogP contribution < -0.4 is 9.47 Å². The summed E-state index contributed by atoms with van der Waals surface area (Å²) in [6.45, 7) is 3.19. The summed E-state index contributed by atoms with van der Waals surface area (Å²) in [5, 5.41) is 4.74. The van der Waals surface area contributed by atoms with Crippen molar-refractivity contribution in [1.29, 1.82) is 0 Å². The Kier molecular flexibility index (Phi) is 5.71. The Morgan fingerprint density at radius 2 is 2.19 bits per heavy atom. The van der Waals surface area contributed by atoms with Crippen LogP contribution in [0.4, 0.5) is 0 Å². The van der Waals surface area contributed by atoms with Gasteiger partial charge in [0.2, 0.25) is 5.91 Å². The van der Waals surface area contributed by atoms with Crippen LogP contribution in [0.1, 0.15) is 31.4 Å². The predicted molar refractivity (Wildman–Crippen MR) is 99.6 cm³/mol. The van der Waals surface area contributed by atoms with Crippen LogP contribution in [0.25, 0.3) is 0 Å². The van der Waals surface area contributed by atoms with Gasteiger partial charge in [-0.3, -0.25) is 9.48 Å². The number of amides is 1. The smallest absolute Gasteiger partial charge is 0.227 e. The minimum absolute atomic E-state index is 0.0204. The van der Waals surface area contributed by atoms with E-state index in [1.54, 1.807) is 31.3 Å². The third kappa shape index (κ3) is 3.80. The third-order valence-electron chi connectivity index (χ3n) is 4.82. The monoisotopic (exact) mass is 377 g/mol. The number of hydrogen-bond donors (Lipinski definition) is 0. The zero-order valence-electron chi connectivity index (χ0n) is 15.3. The van der Waals surface area contributed by atoms with Gasteiger partial charge in [0.1, 0.15) is 11.5 Å². The number of aromatic nitrogens is 2. The van der Waals surface area contributed by atoms with Gasteiger partial charge in [-0.05, 0) is 25.0 Å². The Morgan fingerprint density at radius 3 is 2.85 bits per heavy atom. The lowest BCUT2D eigenvalue weighted by Crippen LogP contribution is -2.36. The second-order valence-electron chi connectivity index (χ2n) is 6.58. The summed E-state index contributed by atoms with van der Waals surface area (Å²) >= 11 is 5.91. The van der Waals surface area contributed by atoms with Crippen molar-refractivity contribution in [3.05, 3.63) is 41.2 Å². The highest BCUT2D eigenvalue weighted by molar-refractivity contribution is 6.30. The highest BCUT2D eigenvalue weighted by Gasteiger charge is 2.34. The Bertz CT molecular complexity index is 777. The first-order valence-corrected chi connectivity index (χ1v) is 9.11. The molecule has 0 N–H and O–H groups in total. The molecule has 7 heteroatoms. The standard InChI is InChI=1S/C19H24ClN3O3/c1-13(11-22-12-14(20)10-21-22)19(24)23-8-4-5-17(23)16-7-6-15(25-2)9-18(16)26-3/h6-7,9-10,12-13,17H,4-5,8,11H2,1-3H3/t13-,17-/m1/s1. The highest BCUT2D eigenvalue weighted by atomic mass is 35.5. The van der Waals surface area contributed by atoms with Gasteiger partial charge in [-0.2, -0.15) is 5.10 Å². The van der Waals surface area contributed by atoms with Gasteiger partial charge in [0, 0.05) is 24.4 Å². The van der Waals surface area contributed by atoms with E-state index in [1.807, 2.05) is 30.0 Å². The number of methoxy groups -OCH3 is 2. The van der Waals surface area contributed by atoms with E-state index < -0.39 is 0 Å². The van der Waals surface area contributed by atoms with Gasteiger partial charge < -0.3 is 14.4 Å². The number of rotatable bonds is 6. The Hall–Kier alpha value is -2.21. The minimum atomic E-state index is -0.184. The molecule has 1 aromatic heterocycles. The fourth-order valence-electron chi connectivity index (χ4n) is 3.53. The lowest BCUT2D eigenvalue weighted by Gasteiger charge is -2.29. The van der Waals surface area contributed by atoms with Crippen molar-refractivity contribution in [2.75, 3.05) is 20.8 Å². The molecule has 2 atom stereocenters. The Balaban J connectivity index is 1.78. The fraction of sp³-hybridized carbons (Fsp3) is 0.474. The molecule has 0 unspecified atom stereocenters. The van der Waals surface area contributed by atoms with Crippen LogP contribution in [0.3, 0.4) is 0 Å². The van der Waals surface area contributed by atoms with Crippen LogP contribution in [-0.2, 0) is 11.3 Å². The lowest BCUT2D eigenvalue weighted by atomic mass is 10.0. The number of likely N-dealkylation sites (tertiary alicyclic amines) is 1. The molecule has 2 heterocycles. The third-order valence-corrected chi connectivity index (χ3v) is 5.01. The molecule has 3 rings (SSSR count). The SMILES string of the molecule is COc1ccc([C@H]2CCCN2C(=O)[C@H](C)Cn2cc(Cl)cn2)c(OC)c1. The van der Waals surface area contributed by atoms with Gasteiger partial charge in [-0.25, -0.2) is 0 Å². The van der Waals surface area contributed by atoms with Crippen LogP contribution in [0.15, 0.2) is 30.6 Å². The normalized spacial score (nSPS) is 18.0. The fourth-order valence-corrected chi connectivity index (χ4v) is 3.68. The molecule has 0 saturated carbocycles. The topological polar surface area (TPSA) is 56.6 Å². The van der Waals surface area contributed by atoms with E-state index in [1.165, 1.54) is 0 Å². The van der Waals surface area contributed by atoms with Crippen molar-refractivity contribution < 1.29 is 14.3 Å². The summed E-state index contributed by atoms with van der Waals surface area (Å²) in [4.78, 5) is 15.0. The molecule has 1 aliphatic heterocycles. The van der Waals surface area contributed by atoms with Crippen molar-refractivity contribution in [2.45, 2.75) is 32.4 Å². The average molecular weight is 378 g/mol. The largest absolute Gasteiger partial charge is 0.497 e.